The molecule has 0 spiro atoms. The highest BCUT2D eigenvalue weighted by Crippen LogP contribution is 2.28. The Balaban J connectivity index is 2.04. The third kappa shape index (κ3) is 2.22. The van der Waals surface area contributed by atoms with Crippen LogP contribution in [0.2, 0.25) is 0 Å². The zero-order valence-electron chi connectivity index (χ0n) is 11.5. The number of aryl methyl sites for hydroxylation is 2. The lowest BCUT2D eigenvalue weighted by Gasteiger charge is -2.17. The molecule has 0 saturated carbocycles. The van der Waals surface area contributed by atoms with Gasteiger partial charge in [-0.1, -0.05) is 16.3 Å². The minimum absolute atomic E-state index is 0.0820. The van der Waals surface area contributed by atoms with Crippen molar-refractivity contribution < 1.29 is 13.6 Å². The molecule has 7 nitrogen and oxygen atoms in total. The van der Waals surface area contributed by atoms with Crippen LogP contribution in [-0.2, 0) is 28.2 Å². The topological polar surface area (TPSA) is 99.1 Å². The standard InChI is InChI=1S/C13H14N4O3S/c1-8-6-15-17(2)13(8)21(19,20)16-10-5-3-4-9-7-14-12(18)11(9)10/h3-6H,7H2,1-2H3,(H2-,14,16,18,19,20). The van der Waals surface area contributed by atoms with E-state index in [4.69, 9.17) is 0 Å². The van der Waals surface area contributed by atoms with Gasteiger partial charge in [-0.15, -0.1) is 0 Å². The van der Waals surface area contributed by atoms with Crippen molar-refractivity contribution in [1.29, 1.82) is 0 Å². The van der Waals surface area contributed by atoms with Gasteiger partial charge in [-0.25, -0.2) is 9.40 Å². The van der Waals surface area contributed by atoms with Crippen LogP contribution in [0.5, 0.6) is 0 Å². The number of sulfonamides is 1. The van der Waals surface area contributed by atoms with Crippen LogP contribution in [0, 0.1) is 6.92 Å². The van der Waals surface area contributed by atoms with Gasteiger partial charge in [0.25, 0.3) is 10.9 Å². The lowest BCUT2D eigenvalue weighted by molar-refractivity contribution is 0.0966. The number of hydrogen-bond acceptors (Lipinski definition) is 4. The van der Waals surface area contributed by atoms with E-state index in [2.05, 4.69) is 15.1 Å². The molecular weight excluding hydrogens is 292 g/mol. The highest BCUT2D eigenvalue weighted by molar-refractivity contribution is 7.98. The first-order valence-electron chi connectivity index (χ1n) is 6.31. The van der Waals surface area contributed by atoms with Gasteiger partial charge in [0.2, 0.25) is 0 Å². The van der Waals surface area contributed by atoms with Crippen molar-refractivity contribution in [3.63, 3.8) is 0 Å². The van der Waals surface area contributed by atoms with Gasteiger partial charge in [0.05, 0.1) is 17.4 Å². The number of benzene rings is 1. The summed E-state index contributed by atoms with van der Waals surface area (Å²) in [6.45, 7) is 2.08. The number of hydrogen-bond donors (Lipinski definition) is 2. The monoisotopic (exact) mass is 306 g/mol. The highest BCUT2D eigenvalue weighted by Gasteiger charge is 2.31. The van der Waals surface area contributed by atoms with Gasteiger partial charge in [0, 0.05) is 19.2 Å². The summed E-state index contributed by atoms with van der Waals surface area (Å²) in [5.41, 5.74) is 1.98. The molecule has 0 aliphatic carbocycles. The van der Waals surface area contributed by atoms with Crippen LogP contribution in [0.3, 0.4) is 0 Å². The molecule has 8 heteroatoms. The molecule has 1 aromatic heterocycles. The molecule has 3 rings (SSSR count). The molecule has 1 atom stereocenters. The summed E-state index contributed by atoms with van der Waals surface area (Å²) < 4.78 is 28.8. The maximum Gasteiger partial charge on any atom is 0.273 e. The van der Waals surface area contributed by atoms with E-state index < -0.39 is 10.4 Å². The van der Waals surface area contributed by atoms with E-state index in [1.165, 1.54) is 10.9 Å². The summed E-state index contributed by atoms with van der Waals surface area (Å²) in [4.78, 5) is 11.8. The van der Waals surface area contributed by atoms with Gasteiger partial charge in [-0.3, -0.25) is 4.79 Å². The first-order chi connectivity index (χ1) is 9.90. The van der Waals surface area contributed by atoms with Gasteiger partial charge in [-0.05, 0) is 18.6 Å². The summed E-state index contributed by atoms with van der Waals surface area (Å²) in [6.07, 6.45) is 1.48. The van der Waals surface area contributed by atoms with Gasteiger partial charge in [0.15, 0.2) is 10.4 Å². The van der Waals surface area contributed by atoms with E-state index in [9.17, 15) is 13.6 Å². The average molecular weight is 306 g/mol. The van der Waals surface area contributed by atoms with Crippen molar-refractivity contribution in [3.8, 4) is 0 Å². The van der Waals surface area contributed by atoms with Crippen molar-refractivity contribution in [3.05, 3.63) is 41.1 Å². The fraction of sp³-hybridized carbons (Fsp3) is 0.231. The Morgan fingerprint density at radius 1 is 1.48 bits per heavy atom. The molecule has 0 bridgehead atoms. The minimum atomic E-state index is -3.81. The first-order valence-corrected chi connectivity index (χ1v) is 7.80. The summed E-state index contributed by atoms with van der Waals surface area (Å²) in [6, 6.07) is 5.08. The molecule has 2 aromatic rings. The summed E-state index contributed by atoms with van der Waals surface area (Å²) >= 11 is 0. The van der Waals surface area contributed by atoms with Gasteiger partial charge in [-0.2, -0.15) is 5.10 Å². The number of rotatable bonds is 3. The molecule has 1 aliphatic rings. The normalized spacial score (nSPS) is 16.2. The lowest BCUT2D eigenvalue weighted by atomic mass is 10.1. The zero-order valence-corrected chi connectivity index (χ0v) is 12.4. The number of carbonyl (C=O) groups excluding carboxylic acids is 1. The molecule has 0 fully saturated rings. The van der Waals surface area contributed by atoms with Crippen molar-refractivity contribution >= 4 is 22.0 Å². The van der Waals surface area contributed by atoms with Crippen LogP contribution < -0.4 is 10.0 Å². The Morgan fingerprint density at radius 3 is 2.90 bits per heavy atom. The van der Waals surface area contributed by atoms with Crippen molar-refractivity contribution in [2.45, 2.75) is 18.5 Å². The van der Waals surface area contributed by atoms with Gasteiger partial charge in [0.1, 0.15) is 0 Å². The largest absolute Gasteiger partial charge is 0.587 e. The molecule has 2 heterocycles. The van der Waals surface area contributed by atoms with Crippen LogP contribution in [0.4, 0.5) is 5.69 Å². The average Bonchev–Trinajstić information content (AvgIpc) is 2.94. The number of nitrogens with one attached hydrogen (secondary N) is 2. The SMILES string of the molecule is Cc1cnn(C)c1[S+](=O)([O-])Nc1cccc2c1C(=O)NC2. The molecule has 110 valence electrons. The Morgan fingerprint density at radius 2 is 2.24 bits per heavy atom. The summed E-state index contributed by atoms with van der Waals surface area (Å²) in [7, 11) is -2.25. The van der Waals surface area contributed by atoms with Crippen LogP contribution in [-0.4, -0.2) is 20.2 Å². The Labute approximate surface area is 122 Å². The third-order valence-electron chi connectivity index (χ3n) is 3.37. The van der Waals surface area contributed by atoms with Crippen LogP contribution >= 0.6 is 0 Å². The van der Waals surface area contributed by atoms with E-state index in [-0.39, 0.29) is 16.6 Å². The van der Waals surface area contributed by atoms with Crippen LogP contribution in [0.15, 0.2) is 29.4 Å². The van der Waals surface area contributed by atoms with Gasteiger partial charge >= 0.3 is 0 Å². The summed E-state index contributed by atoms with van der Waals surface area (Å²) in [5.74, 6) is -0.273. The smallest absolute Gasteiger partial charge is 0.273 e. The second kappa shape index (κ2) is 4.68. The van der Waals surface area contributed by atoms with Crippen LogP contribution in [0.1, 0.15) is 21.5 Å². The second-order valence-corrected chi connectivity index (χ2v) is 6.48. The van der Waals surface area contributed by atoms with Crippen LogP contribution in [0.25, 0.3) is 0 Å². The number of anilines is 1. The predicted octanol–water partition coefficient (Wildman–Crippen LogP) is 0.988. The molecule has 1 aliphatic heterocycles. The van der Waals surface area contributed by atoms with Crippen molar-refractivity contribution in [2.24, 2.45) is 7.05 Å². The Hall–Kier alpha value is -2.19. The predicted molar refractivity (Wildman–Crippen MR) is 76.3 cm³/mol. The number of nitrogens with zero attached hydrogens (tertiary/aromatic N) is 2. The molecule has 1 aromatic carbocycles. The summed E-state index contributed by atoms with van der Waals surface area (Å²) in [5, 5.41) is 6.69. The number of aromatic nitrogens is 2. The Bertz CT molecular complexity index is 764. The van der Waals surface area contributed by atoms with E-state index in [0.29, 0.717) is 17.7 Å². The lowest BCUT2D eigenvalue weighted by Crippen LogP contribution is -2.26. The first kappa shape index (κ1) is 13.8. The van der Waals surface area contributed by atoms with E-state index in [1.54, 1.807) is 32.2 Å². The zero-order chi connectivity index (χ0) is 15.2. The quantitative estimate of drug-likeness (QED) is 0.826. The minimum Gasteiger partial charge on any atom is -0.587 e. The number of carbonyl (C=O) groups is 1. The van der Waals surface area contributed by atoms with E-state index in [1.807, 2.05) is 0 Å². The van der Waals surface area contributed by atoms with E-state index >= 15 is 0 Å². The fourth-order valence-corrected chi connectivity index (χ4v) is 3.91. The van der Waals surface area contributed by atoms with Crippen molar-refractivity contribution in [2.75, 3.05) is 4.72 Å². The Kier molecular flexibility index (Phi) is 3.07. The fourth-order valence-electron chi connectivity index (χ4n) is 2.48. The molecule has 0 saturated heterocycles. The van der Waals surface area contributed by atoms with Gasteiger partial charge < -0.3 is 9.87 Å². The molecular formula is C13H14N4O3S. The molecule has 1 unspecified atom stereocenters. The second-order valence-electron chi connectivity index (χ2n) is 4.88. The number of fused-ring (bicyclic) bond motifs is 1. The molecule has 21 heavy (non-hydrogen) atoms. The number of amides is 1. The maximum atomic E-state index is 12.5. The molecule has 1 amide bonds. The molecule has 0 radical (unpaired) electrons. The molecule has 2 N–H and O–H groups in total. The third-order valence-corrected chi connectivity index (χ3v) is 4.96. The maximum absolute atomic E-state index is 12.5. The van der Waals surface area contributed by atoms with Crippen molar-refractivity contribution in [1.82, 2.24) is 15.1 Å². The van der Waals surface area contributed by atoms with E-state index in [0.717, 1.165) is 5.56 Å². The highest BCUT2D eigenvalue weighted by atomic mass is 32.3.